The lowest BCUT2D eigenvalue weighted by Gasteiger charge is -2.09. The molecule has 128 valence electrons. The van der Waals surface area contributed by atoms with E-state index in [4.69, 9.17) is 4.42 Å². The second-order valence-corrected chi connectivity index (χ2v) is 7.35. The van der Waals surface area contributed by atoms with Crippen molar-refractivity contribution >= 4 is 39.3 Å². The molecule has 0 spiro atoms. The lowest BCUT2D eigenvalue weighted by atomic mass is 10.2. The van der Waals surface area contributed by atoms with Crippen LogP contribution in [-0.2, 0) is 4.79 Å². The summed E-state index contributed by atoms with van der Waals surface area (Å²) >= 11 is 4.55. The Morgan fingerprint density at radius 1 is 1.24 bits per heavy atom. The molecule has 3 rings (SSSR count). The normalized spacial score (nSPS) is 12.0. The first-order chi connectivity index (χ1) is 12.0. The number of rotatable bonds is 5. The Morgan fingerprint density at radius 2 is 2.00 bits per heavy atom. The summed E-state index contributed by atoms with van der Waals surface area (Å²) in [6.45, 7) is 1.73. The van der Waals surface area contributed by atoms with Gasteiger partial charge in [0.15, 0.2) is 0 Å². The minimum Gasteiger partial charge on any atom is -0.411 e. The Bertz CT molecular complexity index is 886. The fraction of sp³-hybridized carbons (Fsp3) is 0.118. The van der Waals surface area contributed by atoms with Gasteiger partial charge in [-0.1, -0.05) is 33.8 Å². The maximum atomic E-state index is 12.9. The zero-order valence-corrected chi connectivity index (χ0v) is 15.5. The van der Waals surface area contributed by atoms with E-state index in [9.17, 15) is 9.18 Å². The maximum Gasteiger partial charge on any atom is 0.277 e. The Labute approximate surface area is 156 Å². The van der Waals surface area contributed by atoms with Crippen LogP contribution in [0, 0.1) is 5.82 Å². The van der Waals surface area contributed by atoms with Crippen molar-refractivity contribution in [2.75, 3.05) is 5.32 Å². The van der Waals surface area contributed by atoms with E-state index in [1.165, 1.54) is 24.3 Å². The third kappa shape index (κ3) is 4.67. The van der Waals surface area contributed by atoms with Gasteiger partial charge in [0.2, 0.25) is 11.8 Å². The topological polar surface area (TPSA) is 68.0 Å². The molecule has 1 amide bonds. The fourth-order valence-electron chi connectivity index (χ4n) is 1.98. The van der Waals surface area contributed by atoms with Crippen molar-refractivity contribution in [3.8, 4) is 11.5 Å². The molecule has 1 N–H and O–H groups in total. The van der Waals surface area contributed by atoms with Gasteiger partial charge in [-0.25, -0.2) is 4.39 Å². The van der Waals surface area contributed by atoms with Crippen LogP contribution in [-0.4, -0.2) is 21.4 Å². The van der Waals surface area contributed by atoms with Crippen LogP contribution < -0.4 is 5.32 Å². The standard InChI is InChI=1S/C17H13BrFN3O2S/c1-10(15(23)20-14-7-5-13(19)6-8-14)25-17-22-21-16(24-17)11-3-2-4-12(18)9-11/h2-10H,1H3,(H,20,23). The second-order valence-electron chi connectivity index (χ2n) is 5.14. The molecule has 0 aliphatic rings. The summed E-state index contributed by atoms with van der Waals surface area (Å²) in [5.41, 5.74) is 1.32. The van der Waals surface area contributed by atoms with Crippen molar-refractivity contribution in [3.05, 3.63) is 58.8 Å². The molecule has 0 saturated carbocycles. The number of thioether (sulfide) groups is 1. The number of hydrogen-bond acceptors (Lipinski definition) is 5. The van der Waals surface area contributed by atoms with Crippen molar-refractivity contribution in [2.45, 2.75) is 17.4 Å². The van der Waals surface area contributed by atoms with E-state index < -0.39 is 5.25 Å². The molecule has 5 nitrogen and oxygen atoms in total. The number of nitrogens with one attached hydrogen (secondary N) is 1. The van der Waals surface area contributed by atoms with Crippen molar-refractivity contribution in [3.63, 3.8) is 0 Å². The van der Waals surface area contributed by atoms with Crippen LogP contribution in [0.2, 0.25) is 0 Å². The summed E-state index contributed by atoms with van der Waals surface area (Å²) < 4.78 is 19.4. The van der Waals surface area contributed by atoms with E-state index in [0.717, 1.165) is 21.8 Å². The predicted molar refractivity (Wildman–Crippen MR) is 97.8 cm³/mol. The maximum absolute atomic E-state index is 12.9. The van der Waals surface area contributed by atoms with Crippen LogP contribution in [0.3, 0.4) is 0 Å². The van der Waals surface area contributed by atoms with E-state index in [1.54, 1.807) is 6.92 Å². The molecule has 25 heavy (non-hydrogen) atoms. The highest BCUT2D eigenvalue weighted by molar-refractivity contribution is 9.10. The highest BCUT2D eigenvalue weighted by atomic mass is 79.9. The second kappa shape index (κ2) is 7.79. The highest BCUT2D eigenvalue weighted by Gasteiger charge is 2.19. The molecule has 0 radical (unpaired) electrons. The van der Waals surface area contributed by atoms with Gasteiger partial charge in [-0.2, -0.15) is 0 Å². The van der Waals surface area contributed by atoms with Crippen molar-refractivity contribution < 1.29 is 13.6 Å². The summed E-state index contributed by atoms with van der Waals surface area (Å²) in [5, 5.41) is 10.5. The fourth-order valence-corrected chi connectivity index (χ4v) is 3.06. The number of aromatic nitrogens is 2. The van der Waals surface area contributed by atoms with Gasteiger partial charge >= 0.3 is 0 Å². The summed E-state index contributed by atoms with van der Waals surface area (Å²) in [7, 11) is 0. The van der Waals surface area contributed by atoms with Crippen LogP contribution in [0.25, 0.3) is 11.5 Å². The molecule has 2 aromatic carbocycles. The van der Waals surface area contributed by atoms with E-state index >= 15 is 0 Å². The molecule has 1 heterocycles. The number of hydrogen-bond donors (Lipinski definition) is 1. The van der Waals surface area contributed by atoms with Crippen LogP contribution in [0.15, 0.2) is 62.6 Å². The molecular weight excluding hydrogens is 409 g/mol. The Hall–Kier alpha value is -2.19. The quantitative estimate of drug-likeness (QED) is 0.601. The minimum atomic E-state index is -0.458. The lowest BCUT2D eigenvalue weighted by Crippen LogP contribution is -2.22. The number of anilines is 1. The van der Waals surface area contributed by atoms with Crippen molar-refractivity contribution in [2.24, 2.45) is 0 Å². The van der Waals surface area contributed by atoms with Gasteiger partial charge in [0.1, 0.15) is 5.82 Å². The molecule has 1 atom stereocenters. The van der Waals surface area contributed by atoms with Crippen LogP contribution in [0.4, 0.5) is 10.1 Å². The highest BCUT2D eigenvalue weighted by Crippen LogP contribution is 2.28. The Morgan fingerprint density at radius 3 is 2.72 bits per heavy atom. The van der Waals surface area contributed by atoms with Crippen molar-refractivity contribution in [1.29, 1.82) is 0 Å². The molecular formula is C17H13BrFN3O2S. The third-order valence-corrected chi connectivity index (χ3v) is 4.66. The van der Waals surface area contributed by atoms with Gasteiger partial charge in [-0.15, -0.1) is 10.2 Å². The predicted octanol–water partition coefficient (Wildman–Crippen LogP) is 4.76. The minimum absolute atomic E-state index is 0.237. The zero-order valence-electron chi connectivity index (χ0n) is 13.1. The largest absolute Gasteiger partial charge is 0.411 e. The SMILES string of the molecule is CC(Sc1nnc(-c2cccc(Br)c2)o1)C(=O)Nc1ccc(F)cc1. The summed E-state index contributed by atoms with van der Waals surface area (Å²) in [6, 6.07) is 13.1. The molecule has 8 heteroatoms. The third-order valence-electron chi connectivity index (χ3n) is 3.24. The molecule has 1 aromatic heterocycles. The smallest absolute Gasteiger partial charge is 0.277 e. The van der Waals surface area contributed by atoms with Gasteiger partial charge in [-0.05, 0) is 49.4 Å². The zero-order chi connectivity index (χ0) is 17.8. The number of nitrogens with zero attached hydrogens (tertiary/aromatic N) is 2. The molecule has 0 bridgehead atoms. The number of carbonyl (C=O) groups excluding carboxylic acids is 1. The van der Waals surface area contributed by atoms with Gasteiger partial charge in [0.25, 0.3) is 5.22 Å². The molecule has 3 aromatic rings. The molecule has 0 saturated heterocycles. The van der Waals surface area contributed by atoms with Gasteiger partial charge in [-0.3, -0.25) is 4.79 Å². The lowest BCUT2D eigenvalue weighted by molar-refractivity contribution is -0.115. The first-order valence-corrected chi connectivity index (χ1v) is 9.01. The monoisotopic (exact) mass is 421 g/mol. The average Bonchev–Trinajstić information content (AvgIpc) is 3.05. The molecule has 0 aliphatic heterocycles. The van der Waals surface area contributed by atoms with E-state index in [2.05, 4.69) is 31.4 Å². The van der Waals surface area contributed by atoms with E-state index in [-0.39, 0.29) is 11.7 Å². The number of benzene rings is 2. The summed E-state index contributed by atoms with van der Waals surface area (Å²) in [6.07, 6.45) is 0. The van der Waals surface area contributed by atoms with Crippen LogP contribution in [0.5, 0.6) is 0 Å². The Kier molecular flexibility index (Phi) is 5.50. The van der Waals surface area contributed by atoms with E-state index in [1.807, 2.05) is 24.3 Å². The van der Waals surface area contributed by atoms with Gasteiger partial charge in [0, 0.05) is 15.7 Å². The van der Waals surface area contributed by atoms with Gasteiger partial charge in [0.05, 0.1) is 5.25 Å². The Balaban J connectivity index is 1.64. The van der Waals surface area contributed by atoms with E-state index in [0.29, 0.717) is 16.8 Å². The molecule has 0 fully saturated rings. The van der Waals surface area contributed by atoms with Crippen LogP contribution in [0.1, 0.15) is 6.92 Å². The number of carbonyl (C=O) groups is 1. The number of halogens is 2. The van der Waals surface area contributed by atoms with Crippen molar-refractivity contribution in [1.82, 2.24) is 10.2 Å². The van der Waals surface area contributed by atoms with Gasteiger partial charge < -0.3 is 9.73 Å². The molecule has 0 aliphatic carbocycles. The molecule has 1 unspecified atom stereocenters. The van der Waals surface area contributed by atoms with Crippen LogP contribution >= 0.6 is 27.7 Å². The summed E-state index contributed by atoms with van der Waals surface area (Å²) in [5.74, 6) is -0.208. The average molecular weight is 422 g/mol. The number of amides is 1. The summed E-state index contributed by atoms with van der Waals surface area (Å²) in [4.78, 5) is 12.2. The first-order valence-electron chi connectivity index (χ1n) is 7.34. The first kappa shape index (κ1) is 17.6.